The Morgan fingerprint density at radius 2 is 2.05 bits per heavy atom. The molecule has 1 rings (SSSR count). The van der Waals surface area contributed by atoms with Crippen LogP contribution in [0, 0.1) is 22.7 Å². The Balaban J connectivity index is 2.87. The number of hydrogen-bond acceptors (Lipinski definition) is 6. The summed E-state index contributed by atoms with van der Waals surface area (Å²) >= 11 is 0. The van der Waals surface area contributed by atoms with Crippen molar-refractivity contribution in [2.24, 2.45) is 0 Å². The number of methoxy groups -OCH3 is 1. The maximum absolute atomic E-state index is 12.2. The van der Waals surface area contributed by atoms with Crippen LogP contribution in [0.3, 0.4) is 0 Å². The van der Waals surface area contributed by atoms with Crippen LogP contribution in [0.2, 0.25) is 0 Å². The summed E-state index contributed by atoms with van der Waals surface area (Å²) in [5.41, 5.74) is 6.62. The van der Waals surface area contributed by atoms with E-state index in [9.17, 15) is 4.79 Å². The molecule has 0 aromatic heterocycles. The SMILES string of the molecule is COc1ccc(N)cc1NC(=O)C(C)N(CC#N)CC#N. The number of carbonyl (C=O) groups excluding carboxylic acids is 1. The van der Waals surface area contributed by atoms with E-state index in [4.69, 9.17) is 21.0 Å². The number of anilines is 2. The third kappa shape index (κ3) is 4.37. The van der Waals surface area contributed by atoms with Gasteiger partial charge in [0.2, 0.25) is 5.91 Å². The van der Waals surface area contributed by atoms with Crippen LogP contribution in [0.5, 0.6) is 5.75 Å². The summed E-state index contributed by atoms with van der Waals surface area (Å²) in [5.74, 6) is 0.140. The lowest BCUT2D eigenvalue weighted by Gasteiger charge is -2.23. The van der Waals surface area contributed by atoms with E-state index in [0.29, 0.717) is 17.1 Å². The molecule has 7 heteroatoms. The van der Waals surface area contributed by atoms with Crippen LogP contribution in [-0.4, -0.2) is 37.0 Å². The van der Waals surface area contributed by atoms with Gasteiger partial charge in [-0.05, 0) is 25.1 Å². The van der Waals surface area contributed by atoms with Gasteiger partial charge in [-0.15, -0.1) is 0 Å². The predicted molar refractivity (Wildman–Crippen MR) is 78.3 cm³/mol. The van der Waals surface area contributed by atoms with Crippen LogP contribution in [-0.2, 0) is 4.79 Å². The fraction of sp³-hybridized carbons (Fsp3) is 0.357. The highest BCUT2D eigenvalue weighted by Crippen LogP contribution is 2.26. The molecule has 1 aromatic carbocycles. The average Bonchev–Trinajstić information content (AvgIpc) is 2.46. The molecule has 110 valence electrons. The smallest absolute Gasteiger partial charge is 0.241 e. The van der Waals surface area contributed by atoms with Crippen molar-refractivity contribution in [2.75, 3.05) is 31.2 Å². The molecule has 1 unspecified atom stereocenters. The number of nitrogen functional groups attached to an aromatic ring is 1. The van der Waals surface area contributed by atoms with Crippen molar-refractivity contribution >= 4 is 17.3 Å². The highest BCUT2D eigenvalue weighted by Gasteiger charge is 2.21. The number of benzene rings is 1. The third-order valence-electron chi connectivity index (χ3n) is 2.96. The minimum Gasteiger partial charge on any atom is -0.495 e. The Bertz CT molecular complexity index is 572. The van der Waals surface area contributed by atoms with Gasteiger partial charge in [-0.25, -0.2) is 0 Å². The van der Waals surface area contributed by atoms with Crippen LogP contribution >= 0.6 is 0 Å². The van der Waals surface area contributed by atoms with Gasteiger partial charge in [0.15, 0.2) is 0 Å². The van der Waals surface area contributed by atoms with Crippen LogP contribution < -0.4 is 15.8 Å². The van der Waals surface area contributed by atoms with Crippen molar-refractivity contribution in [2.45, 2.75) is 13.0 Å². The maximum Gasteiger partial charge on any atom is 0.241 e. The molecule has 0 heterocycles. The van der Waals surface area contributed by atoms with Crippen molar-refractivity contribution in [3.8, 4) is 17.9 Å². The summed E-state index contributed by atoms with van der Waals surface area (Å²) in [5, 5.41) is 20.2. The second-order valence-electron chi connectivity index (χ2n) is 4.35. The van der Waals surface area contributed by atoms with Crippen LogP contribution in [0.25, 0.3) is 0 Å². The van der Waals surface area contributed by atoms with E-state index < -0.39 is 6.04 Å². The molecule has 0 spiro atoms. The summed E-state index contributed by atoms with van der Waals surface area (Å²) in [6.45, 7) is 1.62. The molecule has 0 aliphatic heterocycles. The summed E-state index contributed by atoms with van der Waals surface area (Å²) in [4.78, 5) is 13.7. The van der Waals surface area contributed by atoms with E-state index in [2.05, 4.69) is 5.32 Å². The number of amides is 1. The first-order valence-corrected chi connectivity index (χ1v) is 6.25. The second kappa shape index (κ2) is 7.73. The number of rotatable bonds is 6. The van der Waals surface area contributed by atoms with Gasteiger partial charge in [-0.3, -0.25) is 9.69 Å². The van der Waals surface area contributed by atoms with E-state index >= 15 is 0 Å². The normalized spacial score (nSPS) is 11.3. The molecule has 0 saturated carbocycles. The van der Waals surface area contributed by atoms with E-state index in [-0.39, 0.29) is 19.0 Å². The molecule has 7 nitrogen and oxygen atoms in total. The average molecular weight is 287 g/mol. The molecule has 0 aliphatic rings. The lowest BCUT2D eigenvalue weighted by atomic mass is 10.2. The largest absolute Gasteiger partial charge is 0.495 e. The van der Waals surface area contributed by atoms with E-state index in [1.165, 1.54) is 12.0 Å². The molecule has 0 radical (unpaired) electrons. The lowest BCUT2D eigenvalue weighted by Crippen LogP contribution is -2.42. The fourth-order valence-electron chi connectivity index (χ4n) is 1.74. The summed E-state index contributed by atoms with van der Waals surface area (Å²) < 4.78 is 5.15. The Morgan fingerprint density at radius 3 is 2.57 bits per heavy atom. The number of ether oxygens (including phenoxy) is 1. The Hall–Kier alpha value is -2.77. The van der Waals surface area contributed by atoms with Crippen LogP contribution in [0.1, 0.15) is 6.92 Å². The molecule has 1 atom stereocenters. The number of nitrogens with two attached hydrogens (primary N) is 1. The maximum atomic E-state index is 12.2. The van der Waals surface area contributed by atoms with Gasteiger partial charge in [0.25, 0.3) is 0 Å². The van der Waals surface area contributed by atoms with Crippen LogP contribution in [0.4, 0.5) is 11.4 Å². The first kappa shape index (κ1) is 16.3. The van der Waals surface area contributed by atoms with Crippen molar-refractivity contribution in [3.05, 3.63) is 18.2 Å². The zero-order chi connectivity index (χ0) is 15.8. The fourth-order valence-corrected chi connectivity index (χ4v) is 1.74. The van der Waals surface area contributed by atoms with Gasteiger partial charge in [-0.1, -0.05) is 0 Å². The lowest BCUT2D eigenvalue weighted by molar-refractivity contribution is -0.120. The zero-order valence-corrected chi connectivity index (χ0v) is 12.0. The molecule has 0 aliphatic carbocycles. The molecule has 21 heavy (non-hydrogen) atoms. The number of nitriles is 2. The zero-order valence-electron chi connectivity index (χ0n) is 12.0. The van der Waals surface area contributed by atoms with Gasteiger partial charge < -0.3 is 15.8 Å². The van der Waals surface area contributed by atoms with Gasteiger partial charge >= 0.3 is 0 Å². The summed E-state index contributed by atoms with van der Waals surface area (Å²) in [7, 11) is 1.49. The van der Waals surface area contributed by atoms with Crippen molar-refractivity contribution in [1.82, 2.24) is 4.90 Å². The number of nitrogens with zero attached hydrogens (tertiary/aromatic N) is 3. The summed E-state index contributed by atoms with van der Waals surface area (Å²) in [6, 6.07) is 8.14. The van der Waals surface area contributed by atoms with Crippen molar-refractivity contribution in [3.63, 3.8) is 0 Å². The van der Waals surface area contributed by atoms with Gasteiger partial charge in [0, 0.05) is 5.69 Å². The van der Waals surface area contributed by atoms with E-state index in [0.717, 1.165) is 0 Å². The van der Waals surface area contributed by atoms with Gasteiger partial charge in [0.05, 0.1) is 44.1 Å². The number of hydrogen-bond donors (Lipinski definition) is 2. The monoisotopic (exact) mass is 287 g/mol. The first-order chi connectivity index (χ1) is 10.0. The first-order valence-electron chi connectivity index (χ1n) is 6.25. The minimum absolute atomic E-state index is 0.00376. The highest BCUT2D eigenvalue weighted by atomic mass is 16.5. The number of nitrogens with one attached hydrogen (secondary N) is 1. The molecule has 0 saturated heterocycles. The minimum atomic E-state index is -0.629. The standard InChI is InChI=1S/C14H17N5O2/c1-10(19(7-5-15)8-6-16)14(20)18-12-9-11(17)3-4-13(12)21-2/h3-4,9-10H,7-8,17H2,1-2H3,(H,18,20). The molecular formula is C14H17N5O2. The third-order valence-corrected chi connectivity index (χ3v) is 2.96. The van der Waals surface area contributed by atoms with Crippen LogP contribution in [0.15, 0.2) is 18.2 Å². The van der Waals surface area contributed by atoms with E-state index in [1.54, 1.807) is 25.1 Å². The van der Waals surface area contributed by atoms with Gasteiger partial charge in [-0.2, -0.15) is 10.5 Å². The molecule has 3 N–H and O–H groups in total. The van der Waals surface area contributed by atoms with Gasteiger partial charge in [0.1, 0.15) is 5.75 Å². The van der Waals surface area contributed by atoms with Crippen molar-refractivity contribution < 1.29 is 9.53 Å². The predicted octanol–water partition coefficient (Wildman–Crippen LogP) is 0.954. The van der Waals surface area contributed by atoms with Crippen molar-refractivity contribution in [1.29, 1.82) is 10.5 Å². The molecule has 0 fully saturated rings. The topological polar surface area (TPSA) is 115 Å². The molecule has 1 amide bonds. The summed E-state index contributed by atoms with van der Waals surface area (Å²) in [6.07, 6.45) is 0. The molecule has 0 bridgehead atoms. The Kier molecular flexibility index (Phi) is 5.99. The Morgan fingerprint density at radius 1 is 1.43 bits per heavy atom. The second-order valence-corrected chi connectivity index (χ2v) is 4.35. The Labute approximate surface area is 123 Å². The number of carbonyl (C=O) groups is 1. The highest BCUT2D eigenvalue weighted by molar-refractivity contribution is 5.96. The van der Waals surface area contributed by atoms with E-state index in [1.807, 2.05) is 12.1 Å². The molecular weight excluding hydrogens is 270 g/mol. The molecule has 1 aromatic rings. The quantitative estimate of drug-likeness (QED) is 0.594.